The second-order valence-corrected chi connectivity index (χ2v) is 17.2. The fraction of sp³-hybridized carbons (Fsp3) is 0.911. The maximum absolute atomic E-state index is 12.6. The Morgan fingerprint density at radius 1 is 0.518 bits per heavy atom. The number of rotatable bonds is 44. The van der Waals surface area contributed by atoms with E-state index in [2.05, 4.69) is 30.5 Å². The first-order valence-electron chi connectivity index (χ1n) is 23.1. The molecule has 0 heterocycles. The maximum atomic E-state index is 12.6. The minimum atomic E-state index is -4.61. The predicted molar refractivity (Wildman–Crippen MR) is 229 cm³/mol. The van der Waals surface area contributed by atoms with Crippen molar-refractivity contribution in [3.63, 3.8) is 0 Å². The minimum Gasteiger partial charge on any atom is -0.462 e. The maximum Gasteiger partial charge on any atom is 0.472 e. The number of esters is 2. The number of allylic oxidation sites excluding steroid dienone is 2. The first-order chi connectivity index (χ1) is 27.2. The van der Waals surface area contributed by atoms with Crippen molar-refractivity contribution < 1.29 is 47.8 Å². The largest absolute Gasteiger partial charge is 0.472 e. The summed E-state index contributed by atoms with van der Waals surface area (Å²) in [5, 5.41) is 18.3. The lowest BCUT2D eigenvalue weighted by molar-refractivity contribution is -0.161. The smallest absolute Gasteiger partial charge is 0.462 e. The van der Waals surface area contributed by atoms with Gasteiger partial charge in [0.2, 0.25) is 0 Å². The number of hydrogen-bond acceptors (Lipinski definition) is 9. The molecule has 0 aromatic rings. The normalized spacial score (nSPS) is 13.9. The number of ether oxygens (including phenoxy) is 2. The zero-order chi connectivity index (χ0) is 41.2. The zero-order valence-corrected chi connectivity index (χ0v) is 37.0. The summed E-state index contributed by atoms with van der Waals surface area (Å²) in [7, 11) is -4.61. The van der Waals surface area contributed by atoms with E-state index in [0.717, 1.165) is 57.8 Å². The number of hydrogen-bond donors (Lipinski definition) is 3. The van der Waals surface area contributed by atoms with E-state index in [4.69, 9.17) is 19.1 Å². The van der Waals surface area contributed by atoms with E-state index in [0.29, 0.717) is 12.8 Å². The van der Waals surface area contributed by atoms with Crippen LogP contribution in [0.2, 0.25) is 0 Å². The summed E-state index contributed by atoms with van der Waals surface area (Å²) in [4.78, 5) is 35.0. The molecular formula is C45H87O10P. The third-order valence-corrected chi connectivity index (χ3v) is 11.1. The number of carbonyl (C=O) groups is 2. The Kier molecular flexibility index (Phi) is 40.9. The van der Waals surface area contributed by atoms with Gasteiger partial charge < -0.3 is 24.6 Å². The Labute approximate surface area is 343 Å². The molecule has 332 valence electrons. The SMILES string of the molecule is CCCC/C=C/CCCCCCCC(=O)O[C@H](COC(=O)CCCCCCCCCCCCCCCCCCCCCCCC)COP(=O)(O)OC[C@H](O)CO. The topological polar surface area (TPSA) is 149 Å². The van der Waals surface area contributed by atoms with Crippen LogP contribution < -0.4 is 0 Å². The average molecular weight is 819 g/mol. The molecule has 0 bridgehead atoms. The van der Waals surface area contributed by atoms with Crippen molar-refractivity contribution >= 4 is 19.8 Å². The Bertz CT molecular complexity index is 946. The van der Waals surface area contributed by atoms with Crippen LogP contribution in [-0.4, -0.2) is 65.7 Å². The fourth-order valence-corrected chi connectivity index (χ4v) is 7.35. The molecule has 11 heteroatoms. The molecule has 10 nitrogen and oxygen atoms in total. The first kappa shape index (κ1) is 54.7. The van der Waals surface area contributed by atoms with Gasteiger partial charge in [0.15, 0.2) is 6.10 Å². The summed E-state index contributed by atoms with van der Waals surface area (Å²) in [6, 6.07) is 0. The molecule has 3 N–H and O–H groups in total. The highest BCUT2D eigenvalue weighted by molar-refractivity contribution is 7.47. The molecule has 1 unspecified atom stereocenters. The van der Waals surface area contributed by atoms with Gasteiger partial charge in [-0.25, -0.2) is 4.57 Å². The molecule has 0 amide bonds. The lowest BCUT2D eigenvalue weighted by Crippen LogP contribution is -2.29. The van der Waals surface area contributed by atoms with E-state index in [1.165, 1.54) is 128 Å². The van der Waals surface area contributed by atoms with Crippen LogP contribution >= 0.6 is 7.82 Å². The van der Waals surface area contributed by atoms with E-state index in [1.54, 1.807) is 0 Å². The quantitative estimate of drug-likeness (QED) is 0.0235. The molecule has 3 atom stereocenters. The standard InChI is InChI=1S/C45H87O10P/c1-3-5-7-9-11-13-15-16-17-18-19-20-21-22-23-24-25-27-28-30-32-34-36-44(48)52-40-43(41-54-56(50,51)53-39-42(47)38-46)55-45(49)37-35-33-31-29-26-14-12-10-8-6-4-2/h10,12,42-43,46-47H,3-9,11,13-41H2,1-2H3,(H,50,51)/b12-10+/t42-,43-/m1/s1. The van der Waals surface area contributed by atoms with E-state index in [1.807, 2.05) is 0 Å². The van der Waals surface area contributed by atoms with E-state index in [9.17, 15) is 24.2 Å². The van der Waals surface area contributed by atoms with Gasteiger partial charge in [-0.3, -0.25) is 18.6 Å². The molecule has 0 rings (SSSR count). The molecule has 0 saturated carbocycles. The molecule has 56 heavy (non-hydrogen) atoms. The van der Waals surface area contributed by atoms with E-state index < -0.39 is 51.8 Å². The van der Waals surface area contributed by atoms with Crippen molar-refractivity contribution in [2.24, 2.45) is 0 Å². The Balaban J connectivity index is 4.10. The van der Waals surface area contributed by atoms with E-state index in [-0.39, 0.29) is 19.4 Å². The monoisotopic (exact) mass is 819 g/mol. The van der Waals surface area contributed by atoms with Crippen LogP contribution in [0.25, 0.3) is 0 Å². The number of carbonyl (C=O) groups excluding carboxylic acids is 2. The molecule has 0 aromatic carbocycles. The van der Waals surface area contributed by atoms with Gasteiger partial charge in [0.25, 0.3) is 0 Å². The summed E-state index contributed by atoms with van der Waals surface area (Å²) < 4.78 is 32.7. The Morgan fingerprint density at radius 3 is 1.34 bits per heavy atom. The highest BCUT2D eigenvalue weighted by Crippen LogP contribution is 2.43. The summed E-state index contributed by atoms with van der Waals surface area (Å²) >= 11 is 0. The summed E-state index contributed by atoms with van der Waals surface area (Å²) in [5.41, 5.74) is 0. The molecule has 0 fully saturated rings. The van der Waals surface area contributed by atoms with Gasteiger partial charge in [-0.2, -0.15) is 0 Å². The van der Waals surface area contributed by atoms with Crippen molar-refractivity contribution in [2.75, 3.05) is 26.4 Å². The lowest BCUT2D eigenvalue weighted by atomic mass is 10.0. The molecule has 0 aliphatic carbocycles. The van der Waals surface area contributed by atoms with Gasteiger partial charge in [0.1, 0.15) is 12.7 Å². The van der Waals surface area contributed by atoms with Gasteiger partial charge in [-0.15, -0.1) is 0 Å². The van der Waals surface area contributed by atoms with Crippen molar-refractivity contribution in [3.8, 4) is 0 Å². The number of phosphoric acid groups is 1. The summed E-state index contributed by atoms with van der Waals surface area (Å²) in [6.45, 7) is 2.36. The number of unbranched alkanes of at least 4 members (excludes halogenated alkanes) is 28. The van der Waals surface area contributed by atoms with Crippen LogP contribution in [0.3, 0.4) is 0 Å². The van der Waals surface area contributed by atoms with Gasteiger partial charge >= 0.3 is 19.8 Å². The van der Waals surface area contributed by atoms with Gasteiger partial charge in [-0.1, -0.05) is 193 Å². The second-order valence-electron chi connectivity index (χ2n) is 15.8. The summed E-state index contributed by atoms with van der Waals surface area (Å²) in [5.74, 6) is -0.925. The highest BCUT2D eigenvalue weighted by Gasteiger charge is 2.27. The van der Waals surface area contributed by atoms with Crippen LogP contribution in [0.5, 0.6) is 0 Å². The van der Waals surface area contributed by atoms with E-state index >= 15 is 0 Å². The second kappa shape index (κ2) is 41.9. The summed E-state index contributed by atoms with van der Waals surface area (Å²) in [6.07, 6.45) is 40.5. The Hall–Kier alpha value is -1.29. The van der Waals surface area contributed by atoms with Crippen LogP contribution in [-0.2, 0) is 32.7 Å². The molecule has 0 radical (unpaired) electrons. The number of aliphatic hydroxyl groups excluding tert-OH is 2. The van der Waals surface area contributed by atoms with Gasteiger partial charge in [0, 0.05) is 12.8 Å². The molecule has 0 saturated heterocycles. The van der Waals surface area contributed by atoms with Crippen molar-refractivity contribution in [1.29, 1.82) is 0 Å². The lowest BCUT2D eigenvalue weighted by Gasteiger charge is -2.20. The van der Waals surface area contributed by atoms with Crippen molar-refractivity contribution in [1.82, 2.24) is 0 Å². The zero-order valence-electron chi connectivity index (χ0n) is 36.1. The van der Waals surface area contributed by atoms with Gasteiger partial charge in [0.05, 0.1) is 19.8 Å². The van der Waals surface area contributed by atoms with Crippen LogP contribution in [0.1, 0.15) is 226 Å². The average Bonchev–Trinajstić information content (AvgIpc) is 3.19. The molecule has 0 aliphatic heterocycles. The first-order valence-corrected chi connectivity index (χ1v) is 24.6. The fourth-order valence-electron chi connectivity index (χ4n) is 6.56. The third kappa shape index (κ3) is 40.9. The molecule has 0 spiro atoms. The number of phosphoric ester groups is 1. The van der Waals surface area contributed by atoms with Crippen LogP contribution in [0.15, 0.2) is 12.2 Å². The molecular weight excluding hydrogens is 731 g/mol. The third-order valence-electron chi connectivity index (χ3n) is 10.2. The predicted octanol–water partition coefficient (Wildman–Crippen LogP) is 12.4. The van der Waals surface area contributed by atoms with Crippen molar-refractivity contribution in [2.45, 2.75) is 238 Å². The number of aliphatic hydroxyl groups is 2. The minimum absolute atomic E-state index is 0.177. The highest BCUT2D eigenvalue weighted by atomic mass is 31.2. The van der Waals surface area contributed by atoms with Crippen molar-refractivity contribution in [3.05, 3.63) is 12.2 Å². The molecule has 0 aliphatic rings. The van der Waals surface area contributed by atoms with Crippen LogP contribution in [0.4, 0.5) is 0 Å². The van der Waals surface area contributed by atoms with Gasteiger partial charge in [-0.05, 0) is 32.1 Å². The molecule has 0 aromatic heterocycles. The van der Waals surface area contributed by atoms with Crippen LogP contribution in [0, 0.1) is 0 Å². The Morgan fingerprint density at radius 2 is 0.893 bits per heavy atom.